The number of nitrogens with one attached hydrogen (secondary N) is 2. The van der Waals surface area contributed by atoms with Gasteiger partial charge in [-0.15, -0.1) is 0 Å². The average Bonchev–Trinajstić information content (AvgIpc) is 3.28. The molecule has 0 radical (unpaired) electrons. The van der Waals surface area contributed by atoms with Crippen LogP contribution in [0.4, 0.5) is 10.5 Å². The Morgan fingerprint density at radius 3 is 2.46 bits per heavy atom. The Kier molecular flexibility index (Phi) is 6.32. The van der Waals surface area contributed by atoms with Crippen molar-refractivity contribution >= 4 is 11.7 Å². The van der Waals surface area contributed by atoms with Crippen molar-refractivity contribution in [2.24, 2.45) is 0 Å². The minimum Gasteiger partial charge on any atom is -0.491 e. The summed E-state index contributed by atoms with van der Waals surface area (Å²) in [6, 6.07) is 7.20. The first-order valence-corrected chi connectivity index (χ1v) is 8.80. The third kappa shape index (κ3) is 5.39. The molecule has 6 heteroatoms. The smallest absolute Gasteiger partial charge is 0.319 e. The maximum atomic E-state index is 11.9. The lowest BCUT2D eigenvalue weighted by atomic mass is 10.2. The van der Waals surface area contributed by atoms with Crippen molar-refractivity contribution in [3.63, 3.8) is 0 Å². The highest BCUT2D eigenvalue weighted by Gasteiger charge is 2.16. The van der Waals surface area contributed by atoms with Crippen molar-refractivity contribution in [2.75, 3.05) is 31.7 Å². The summed E-state index contributed by atoms with van der Waals surface area (Å²) in [5.74, 6) is 0.787. The largest absolute Gasteiger partial charge is 0.491 e. The predicted molar refractivity (Wildman–Crippen MR) is 91.5 cm³/mol. The maximum Gasteiger partial charge on any atom is 0.319 e. The molecular weight excluding hydrogens is 308 g/mol. The fourth-order valence-electron chi connectivity index (χ4n) is 2.99. The first kappa shape index (κ1) is 17.0. The highest BCUT2D eigenvalue weighted by atomic mass is 16.5. The highest BCUT2D eigenvalue weighted by Crippen LogP contribution is 2.18. The monoisotopic (exact) mass is 334 g/mol. The lowest BCUT2D eigenvalue weighted by molar-refractivity contribution is 0.0679. The van der Waals surface area contributed by atoms with Gasteiger partial charge in [0.15, 0.2) is 0 Å². The third-order valence-corrected chi connectivity index (χ3v) is 4.35. The minimum atomic E-state index is -0.193. The van der Waals surface area contributed by atoms with Gasteiger partial charge in [0.05, 0.1) is 12.2 Å². The number of carbonyl (C=O) groups excluding carboxylic acids is 1. The zero-order chi connectivity index (χ0) is 16.6. The van der Waals surface area contributed by atoms with Crippen LogP contribution in [0.15, 0.2) is 24.3 Å². The molecule has 24 heavy (non-hydrogen) atoms. The van der Waals surface area contributed by atoms with Gasteiger partial charge in [0.1, 0.15) is 12.4 Å². The zero-order valence-electron chi connectivity index (χ0n) is 14.0. The molecule has 1 aromatic rings. The van der Waals surface area contributed by atoms with Gasteiger partial charge in [-0.1, -0.05) is 0 Å². The highest BCUT2D eigenvalue weighted by molar-refractivity contribution is 5.89. The maximum absolute atomic E-state index is 11.9. The van der Waals surface area contributed by atoms with Crippen molar-refractivity contribution in [2.45, 2.75) is 44.3 Å². The van der Waals surface area contributed by atoms with Gasteiger partial charge >= 0.3 is 6.03 Å². The summed E-state index contributed by atoms with van der Waals surface area (Å²) in [5.41, 5.74) is 0.745. The molecule has 3 rings (SSSR count). The molecule has 0 aliphatic carbocycles. The molecular formula is C18H26N2O4. The summed E-state index contributed by atoms with van der Waals surface area (Å²) in [7, 11) is 0. The van der Waals surface area contributed by atoms with Crippen molar-refractivity contribution in [3.8, 4) is 5.75 Å². The Bertz CT molecular complexity index is 508. The molecule has 0 aromatic heterocycles. The second kappa shape index (κ2) is 8.89. The van der Waals surface area contributed by atoms with Gasteiger partial charge in [-0.2, -0.15) is 0 Å². The Balaban J connectivity index is 1.34. The van der Waals surface area contributed by atoms with Crippen molar-refractivity contribution in [1.29, 1.82) is 0 Å². The summed E-state index contributed by atoms with van der Waals surface area (Å²) in [5, 5.41) is 5.68. The normalized spacial score (nSPS) is 23.2. The Morgan fingerprint density at radius 1 is 1.08 bits per heavy atom. The van der Waals surface area contributed by atoms with Crippen LogP contribution in [0.1, 0.15) is 32.1 Å². The van der Waals surface area contributed by atoms with E-state index >= 15 is 0 Å². The standard InChI is InChI=1S/C18H26N2O4/c21-18(19-10-9-15-3-1-11-22-15)20-14-5-7-16(8-6-14)24-13-17-4-2-12-23-17/h5-8,15,17H,1-4,9-13H2,(H2,19,20,21)/t15-,17-/m1/s1. The van der Waals surface area contributed by atoms with Crippen LogP contribution in [-0.2, 0) is 9.47 Å². The Hall–Kier alpha value is -1.79. The molecule has 0 saturated carbocycles. The van der Waals surface area contributed by atoms with E-state index in [1.54, 1.807) is 0 Å². The molecule has 2 aliphatic rings. The lowest BCUT2D eigenvalue weighted by Crippen LogP contribution is -2.31. The zero-order valence-corrected chi connectivity index (χ0v) is 14.0. The van der Waals surface area contributed by atoms with E-state index in [1.807, 2.05) is 24.3 Å². The number of amides is 2. The van der Waals surface area contributed by atoms with Gasteiger partial charge in [-0.25, -0.2) is 4.79 Å². The number of hydrogen-bond acceptors (Lipinski definition) is 4. The average molecular weight is 334 g/mol. The van der Waals surface area contributed by atoms with E-state index in [1.165, 1.54) is 0 Å². The first-order chi connectivity index (χ1) is 11.8. The van der Waals surface area contributed by atoms with E-state index < -0.39 is 0 Å². The van der Waals surface area contributed by atoms with Crippen molar-refractivity contribution < 1.29 is 19.0 Å². The molecule has 2 N–H and O–H groups in total. The fraction of sp³-hybridized carbons (Fsp3) is 0.611. The number of urea groups is 1. The molecule has 2 fully saturated rings. The predicted octanol–water partition coefficient (Wildman–Crippen LogP) is 2.94. The van der Waals surface area contributed by atoms with Gasteiger partial charge in [0.2, 0.25) is 0 Å². The molecule has 0 bridgehead atoms. The summed E-state index contributed by atoms with van der Waals surface area (Å²) >= 11 is 0. The van der Waals surface area contributed by atoms with E-state index in [9.17, 15) is 4.79 Å². The Labute approximate surface area is 142 Å². The van der Waals surface area contributed by atoms with Crippen LogP contribution in [0.3, 0.4) is 0 Å². The van der Waals surface area contributed by atoms with Crippen LogP contribution in [0.2, 0.25) is 0 Å². The van der Waals surface area contributed by atoms with Crippen LogP contribution in [0.25, 0.3) is 0 Å². The second-order valence-electron chi connectivity index (χ2n) is 6.28. The van der Waals surface area contributed by atoms with E-state index in [0.717, 1.165) is 56.8 Å². The number of hydrogen-bond donors (Lipinski definition) is 2. The van der Waals surface area contributed by atoms with Crippen LogP contribution in [-0.4, -0.2) is 44.6 Å². The minimum absolute atomic E-state index is 0.193. The van der Waals surface area contributed by atoms with Gasteiger partial charge in [-0.05, 0) is 56.4 Å². The van der Waals surface area contributed by atoms with E-state index in [4.69, 9.17) is 14.2 Å². The molecule has 2 amide bonds. The molecule has 2 atom stereocenters. The summed E-state index contributed by atoms with van der Waals surface area (Å²) in [6.07, 6.45) is 5.76. The summed E-state index contributed by atoms with van der Waals surface area (Å²) < 4.78 is 16.8. The quantitative estimate of drug-likeness (QED) is 0.804. The summed E-state index contributed by atoms with van der Waals surface area (Å²) in [4.78, 5) is 11.9. The number of carbonyl (C=O) groups is 1. The second-order valence-corrected chi connectivity index (χ2v) is 6.28. The van der Waals surface area contributed by atoms with Gasteiger partial charge in [0.25, 0.3) is 0 Å². The lowest BCUT2D eigenvalue weighted by Gasteiger charge is -2.13. The fourth-order valence-corrected chi connectivity index (χ4v) is 2.99. The first-order valence-electron chi connectivity index (χ1n) is 8.80. The molecule has 2 saturated heterocycles. The van der Waals surface area contributed by atoms with Gasteiger partial charge in [0, 0.05) is 25.4 Å². The van der Waals surface area contributed by atoms with Gasteiger partial charge < -0.3 is 24.8 Å². The van der Waals surface area contributed by atoms with E-state index in [0.29, 0.717) is 19.3 Å². The number of rotatable bonds is 7. The Morgan fingerprint density at radius 2 is 1.79 bits per heavy atom. The molecule has 0 unspecified atom stereocenters. The number of benzene rings is 1. The SMILES string of the molecule is O=C(NCC[C@H]1CCCO1)Nc1ccc(OC[C@H]2CCCO2)cc1. The molecule has 2 aliphatic heterocycles. The van der Waals surface area contributed by atoms with Crippen LogP contribution in [0.5, 0.6) is 5.75 Å². The molecule has 6 nitrogen and oxygen atoms in total. The molecule has 1 aromatic carbocycles. The van der Waals surface area contributed by atoms with Crippen LogP contribution < -0.4 is 15.4 Å². The topological polar surface area (TPSA) is 68.8 Å². The van der Waals surface area contributed by atoms with Crippen LogP contribution in [0, 0.1) is 0 Å². The number of ether oxygens (including phenoxy) is 3. The summed E-state index contributed by atoms with van der Waals surface area (Å²) in [6.45, 7) is 2.88. The van der Waals surface area contributed by atoms with Crippen molar-refractivity contribution in [1.82, 2.24) is 5.32 Å². The molecule has 132 valence electrons. The molecule has 2 heterocycles. The van der Waals surface area contributed by atoms with E-state index in [2.05, 4.69) is 10.6 Å². The third-order valence-electron chi connectivity index (χ3n) is 4.35. The molecule has 0 spiro atoms. The van der Waals surface area contributed by atoms with Gasteiger partial charge in [-0.3, -0.25) is 0 Å². The van der Waals surface area contributed by atoms with Crippen molar-refractivity contribution in [3.05, 3.63) is 24.3 Å². The number of anilines is 1. The van der Waals surface area contributed by atoms with E-state index in [-0.39, 0.29) is 12.1 Å². The van der Waals surface area contributed by atoms with Crippen LogP contribution >= 0.6 is 0 Å².